The number of H-pyrrole nitrogens is 1. The number of aromatic amines is 1. The maximum Gasteiger partial charge on any atom is 0.433 e. The lowest BCUT2D eigenvalue weighted by atomic mass is 10.0. The molecule has 1 aromatic carbocycles. The molecule has 2 amide bonds. The maximum atomic E-state index is 13.7. The van der Waals surface area contributed by atoms with Crippen LogP contribution in [0.1, 0.15) is 31.5 Å². The van der Waals surface area contributed by atoms with Crippen LogP contribution in [0.3, 0.4) is 0 Å². The van der Waals surface area contributed by atoms with Gasteiger partial charge in [0.2, 0.25) is 0 Å². The summed E-state index contributed by atoms with van der Waals surface area (Å²) < 4.78 is 42.7. The number of primary amides is 1. The molecule has 38 heavy (non-hydrogen) atoms. The molecule has 4 N–H and O–H groups in total. The van der Waals surface area contributed by atoms with Crippen molar-refractivity contribution >= 4 is 50.7 Å². The third-order valence-corrected chi connectivity index (χ3v) is 7.25. The van der Waals surface area contributed by atoms with Crippen molar-refractivity contribution in [3.05, 3.63) is 69.6 Å². The van der Waals surface area contributed by atoms with Crippen molar-refractivity contribution in [2.24, 2.45) is 12.8 Å². The SMILES string of the molecule is Cc1c(-c2cc(C(F)(F)F)nc3sc(C(N)=O)c(NC(=O)c4cc(-c5ccc(Cl)cc5)n[nH]4)c23)cnn1C. The van der Waals surface area contributed by atoms with E-state index < -0.39 is 23.7 Å². The van der Waals surface area contributed by atoms with E-state index in [0.29, 0.717) is 38.9 Å². The molecule has 4 aromatic heterocycles. The summed E-state index contributed by atoms with van der Waals surface area (Å²) in [6.07, 6.45) is -3.35. The van der Waals surface area contributed by atoms with Crippen LogP contribution in [0.5, 0.6) is 0 Å². The third-order valence-electron chi connectivity index (χ3n) is 5.90. The Bertz CT molecular complexity index is 1720. The second-order valence-corrected chi connectivity index (χ2v) is 9.73. The van der Waals surface area contributed by atoms with Gasteiger partial charge >= 0.3 is 6.18 Å². The molecular weight excluding hydrogens is 543 g/mol. The van der Waals surface area contributed by atoms with Crippen LogP contribution in [-0.2, 0) is 13.2 Å². The summed E-state index contributed by atoms with van der Waals surface area (Å²) in [5, 5.41) is 14.2. The Kier molecular flexibility index (Phi) is 6.19. The van der Waals surface area contributed by atoms with Crippen molar-refractivity contribution in [1.82, 2.24) is 25.0 Å². The van der Waals surface area contributed by atoms with E-state index in [1.807, 2.05) is 0 Å². The number of carbonyl (C=O) groups is 2. The van der Waals surface area contributed by atoms with Gasteiger partial charge in [0, 0.05) is 34.3 Å². The lowest BCUT2D eigenvalue weighted by Gasteiger charge is -2.12. The second-order valence-electron chi connectivity index (χ2n) is 8.30. The van der Waals surface area contributed by atoms with Gasteiger partial charge < -0.3 is 11.1 Å². The van der Waals surface area contributed by atoms with Crippen LogP contribution in [0.15, 0.2) is 42.6 Å². The molecule has 0 radical (unpaired) electrons. The Balaban J connectivity index is 1.65. The topological polar surface area (TPSA) is 132 Å². The summed E-state index contributed by atoms with van der Waals surface area (Å²) in [4.78, 5) is 29.0. The molecule has 0 aliphatic carbocycles. The van der Waals surface area contributed by atoms with Crippen molar-refractivity contribution in [3.63, 3.8) is 0 Å². The molecule has 5 rings (SSSR count). The van der Waals surface area contributed by atoms with Gasteiger partial charge in [0.15, 0.2) is 0 Å². The number of nitrogens with one attached hydrogen (secondary N) is 2. The first-order valence-electron chi connectivity index (χ1n) is 10.9. The molecule has 0 saturated heterocycles. The highest BCUT2D eigenvalue weighted by Crippen LogP contribution is 2.44. The third kappa shape index (κ3) is 4.50. The van der Waals surface area contributed by atoms with Crippen LogP contribution >= 0.6 is 22.9 Å². The number of carbonyl (C=O) groups excluding carboxylic acids is 2. The smallest absolute Gasteiger partial charge is 0.365 e. The first kappa shape index (κ1) is 25.4. The van der Waals surface area contributed by atoms with Crippen molar-refractivity contribution in [3.8, 4) is 22.4 Å². The van der Waals surface area contributed by atoms with Gasteiger partial charge in [0.1, 0.15) is 21.1 Å². The number of rotatable bonds is 5. The minimum absolute atomic E-state index is 0.0451. The fourth-order valence-electron chi connectivity index (χ4n) is 3.90. The summed E-state index contributed by atoms with van der Waals surface area (Å²) in [6, 6.07) is 9.16. The van der Waals surface area contributed by atoms with Crippen LogP contribution in [-0.4, -0.2) is 36.8 Å². The number of nitrogens with two attached hydrogens (primary N) is 1. The number of fused-ring (bicyclic) bond motifs is 1. The minimum Gasteiger partial charge on any atom is -0.365 e. The number of aryl methyl sites for hydroxylation is 1. The molecule has 5 aromatic rings. The second kappa shape index (κ2) is 9.26. The zero-order valence-electron chi connectivity index (χ0n) is 19.6. The molecular formula is C24H17ClF3N7O2S. The van der Waals surface area contributed by atoms with E-state index in [2.05, 4.69) is 25.6 Å². The molecule has 0 bridgehead atoms. The number of benzene rings is 1. The Labute approximate surface area is 221 Å². The number of alkyl halides is 3. The number of amides is 2. The number of nitrogens with zero attached hydrogens (tertiary/aromatic N) is 4. The highest BCUT2D eigenvalue weighted by atomic mass is 35.5. The summed E-state index contributed by atoms with van der Waals surface area (Å²) in [7, 11) is 1.64. The van der Waals surface area contributed by atoms with Gasteiger partial charge in [-0.3, -0.25) is 19.4 Å². The average Bonchev–Trinajstić information content (AvgIpc) is 3.57. The summed E-state index contributed by atoms with van der Waals surface area (Å²) in [5.74, 6) is -1.62. The van der Waals surface area contributed by atoms with Crippen molar-refractivity contribution in [1.29, 1.82) is 0 Å². The van der Waals surface area contributed by atoms with Gasteiger partial charge in [0.25, 0.3) is 11.8 Å². The van der Waals surface area contributed by atoms with E-state index in [4.69, 9.17) is 17.3 Å². The summed E-state index contributed by atoms with van der Waals surface area (Å²) in [5.41, 5.74) is 6.59. The van der Waals surface area contributed by atoms with Crippen molar-refractivity contribution in [2.75, 3.05) is 5.32 Å². The van der Waals surface area contributed by atoms with E-state index in [0.717, 1.165) is 6.07 Å². The van der Waals surface area contributed by atoms with Crippen LogP contribution in [0.2, 0.25) is 5.02 Å². The fourth-order valence-corrected chi connectivity index (χ4v) is 5.03. The molecule has 0 aliphatic heterocycles. The normalized spacial score (nSPS) is 11.7. The molecule has 4 heterocycles. The van der Waals surface area contributed by atoms with E-state index in [1.54, 1.807) is 38.2 Å². The fraction of sp³-hybridized carbons (Fsp3) is 0.125. The van der Waals surface area contributed by atoms with E-state index in [-0.39, 0.29) is 32.0 Å². The number of thiophene rings is 1. The Morgan fingerprint density at radius 3 is 2.47 bits per heavy atom. The van der Waals surface area contributed by atoms with Gasteiger partial charge in [-0.15, -0.1) is 11.3 Å². The van der Waals surface area contributed by atoms with Crippen molar-refractivity contribution < 1.29 is 22.8 Å². The molecule has 0 aliphatic rings. The van der Waals surface area contributed by atoms with E-state index in [1.165, 1.54) is 16.9 Å². The number of anilines is 1. The molecule has 0 fully saturated rings. The molecule has 0 unspecified atom stereocenters. The monoisotopic (exact) mass is 559 g/mol. The number of hydrogen-bond donors (Lipinski definition) is 3. The largest absolute Gasteiger partial charge is 0.433 e. The highest BCUT2D eigenvalue weighted by molar-refractivity contribution is 7.21. The molecule has 0 spiro atoms. The van der Waals surface area contributed by atoms with Gasteiger partial charge in [-0.2, -0.15) is 23.4 Å². The van der Waals surface area contributed by atoms with E-state index in [9.17, 15) is 22.8 Å². The predicted octanol–water partition coefficient (Wildman–Crippen LogP) is 5.42. The van der Waals surface area contributed by atoms with Crippen LogP contribution in [0.25, 0.3) is 32.6 Å². The van der Waals surface area contributed by atoms with Crippen molar-refractivity contribution in [2.45, 2.75) is 13.1 Å². The van der Waals surface area contributed by atoms with Gasteiger partial charge in [-0.1, -0.05) is 23.7 Å². The Morgan fingerprint density at radius 2 is 1.87 bits per heavy atom. The predicted molar refractivity (Wildman–Crippen MR) is 137 cm³/mol. The number of pyridine rings is 1. The zero-order valence-corrected chi connectivity index (χ0v) is 21.2. The van der Waals surface area contributed by atoms with Crippen LogP contribution < -0.4 is 11.1 Å². The summed E-state index contributed by atoms with van der Waals surface area (Å²) in [6.45, 7) is 1.68. The number of aromatic nitrogens is 5. The molecule has 0 atom stereocenters. The Hall–Kier alpha value is -4.23. The number of halogens is 4. The summed E-state index contributed by atoms with van der Waals surface area (Å²) >= 11 is 6.58. The van der Waals surface area contributed by atoms with Gasteiger partial charge in [-0.05, 0) is 36.8 Å². The van der Waals surface area contributed by atoms with Gasteiger partial charge in [-0.25, -0.2) is 4.98 Å². The quantitative estimate of drug-likeness (QED) is 0.265. The van der Waals surface area contributed by atoms with Gasteiger partial charge in [0.05, 0.1) is 17.6 Å². The Morgan fingerprint density at radius 1 is 1.16 bits per heavy atom. The average molecular weight is 560 g/mol. The lowest BCUT2D eigenvalue weighted by molar-refractivity contribution is -0.140. The maximum absolute atomic E-state index is 13.7. The lowest BCUT2D eigenvalue weighted by Crippen LogP contribution is -2.17. The first-order chi connectivity index (χ1) is 17.9. The molecule has 194 valence electrons. The standard InChI is InChI=1S/C24H17ClF3N7O2S/c1-10-14(9-30-35(10)2)13-7-17(24(26,27)28)31-23-18(13)19(20(38-23)21(29)36)32-22(37)16-8-15(33-34-16)11-3-5-12(25)6-4-11/h3-9H,1-2H3,(H2,29,36)(H,32,37)(H,33,34). The number of hydrogen-bond acceptors (Lipinski definition) is 6. The molecule has 9 nitrogen and oxygen atoms in total. The molecule has 14 heteroatoms. The minimum atomic E-state index is -4.76. The van der Waals surface area contributed by atoms with E-state index >= 15 is 0 Å². The van der Waals surface area contributed by atoms with Crippen LogP contribution in [0.4, 0.5) is 18.9 Å². The first-order valence-corrected chi connectivity index (χ1v) is 12.1. The highest BCUT2D eigenvalue weighted by Gasteiger charge is 2.35. The molecule has 0 saturated carbocycles. The zero-order chi connectivity index (χ0) is 27.4. The van der Waals surface area contributed by atoms with Crippen LogP contribution in [0, 0.1) is 6.92 Å².